The molecule has 2 aromatic rings. The van der Waals surface area contributed by atoms with Crippen molar-refractivity contribution >= 4 is 21.6 Å². The minimum absolute atomic E-state index is 0.267. The second-order valence-electron chi connectivity index (χ2n) is 3.86. The molecule has 3 rings (SSSR count). The summed E-state index contributed by atoms with van der Waals surface area (Å²) in [4.78, 5) is 10.8. The van der Waals surface area contributed by atoms with Crippen LogP contribution in [-0.4, -0.2) is 29.2 Å². The monoisotopic (exact) mass is 235 g/mol. The minimum atomic E-state index is 0.267. The van der Waals surface area contributed by atoms with Crippen molar-refractivity contribution in [2.45, 2.75) is 19.4 Å². The average molecular weight is 235 g/mol. The number of rotatable bonds is 3. The van der Waals surface area contributed by atoms with Gasteiger partial charge < -0.3 is 10.1 Å². The molecule has 0 saturated carbocycles. The first-order chi connectivity index (χ1) is 7.86. The quantitative estimate of drug-likeness (QED) is 0.878. The predicted octanol–water partition coefficient (Wildman–Crippen LogP) is 1.60. The van der Waals surface area contributed by atoms with E-state index in [1.165, 1.54) is 4.88 Å². The summed E-state index contributed by atoms with van der Waals surface area (Å²) in [6.45, 7) is 3.97. The van der Waals surface area contributed by atoms with Gasteiger partial charge in [0.05, 0.1) is 5.39 Å². The molecule has 0 unspecified atom stereocenters. The van der Waals surface area contributed by atoms with Crippen LogP contribution in [0.15, 0.2) is 12.4 Å². The minimum Gasteiger partial charge on any atom is -0.471 e. The van der Waals surface area contributed by atoms with Gasteiger partial charge in [0.15, 0.2) is 0 Å². The van der Waals surface area contributed by atoms with E-state index in [1.54, 1.807) is 17.7 Å². The Morgan fingerprint density at radius 3 is 3.06 bits per heavy atom. The number of aryl methyl sites for hydroxylation is 1. The van der Waals surface area contributed by atoms with Gasteiger partial charge in [-0.2, -0.15) is 0 Å². The van der Waals surface area contributed by atoms with E-state index in [0.717, 1.165) is 35.6 Å². The molecular formula is C11H13N3OS. The van der Waals surface area contributed by atoms with Gasteiger partial charge in [0.2, 0.25) is 5.88 Å². The number of hydrogen-bond acceptors (Lipinski definition) is 5. The van der Waals surface area contributed by atoms with E-state index in [0.29, 0.717) is 0 Å². The molecule has 1 N–H and O–H groups in total. The Hall–Kier alpha value is -1.20. The molecule has 16 heavy (non-hydrogen) atoms. The zero-order valence-electron chi connectivity index (χ0n) is 9.06. The van der Waals surface area contributed by atoms with Crippen molar-refractivity contribution in [2.24, 2.45) is 0 Å². The molecule has 0 bridgehead atoms. The van der Waals surface area contributed by atoms with Crippen LogP contribution in [0.1, 0.15) is 11.8 Å². The van der Waals surface area contributed by atoms with Crippen LogP contribution in [0.2, 0.25) is 0 Å². The van der Waals surface area contributed by atoms with Crippen molar-refractivity contribution in [3.8, 4) is 5.88 Å². The van der Waals surface area contributed by atoms with Crippen molar-refractivity contribution in [1.82, 2.24) is 15.3 Å². The number of hydrogen-bond donors (Lipinski definition) is 1. The molecule has 1 saturated heterocycles. The fourth-order valence-electron chi connectivity index (χ4n) is 1.66. The van der Waals surface area contributed by atoms with E-state index in [-0.39, 0.29) is 6.10 Å². The van der Waals surface area contributed by atoms with E-state index in [9.17, 15) is 0 Å². The third-order valence-corrected chi connectivity index (χ3v) is 3.90. The topological polar surface area (TPSA) is 47.0 Å². The molecule has 4 nitrogen and oxygen atoms in total. The first kappa shape index (κ1) is 9.99. The summed E-state index contributed by atoms with van der Waals surface area (Å²) in [7, 11) is 0. The first-order valence-electron chi connectivity index (χ1n) is 5.47. The molecule has 0 aromatic carbocycles. The van der Waals surface area contributed by atoms with Crippen molar-refractivity contribution in [2.75, 3.05) is 13.1 Å². The number of fused-ring (bicyclic) bond motifs is 1. The highest BCUT2D eigenvalue weighted by atomic mass is 32.1. The molecular weight excluding hydrogens is 222 g/mol. The Morgan fingerprint density at radius 1 is 1.50 bits per heavy atom. The molecule has 0 aliphatic carbocycles. The van der Waals surface area contributed by atoms with Crippen LogP contribution in [0.25, 0.3) is 10.2 Å². The summed E-state index contributed by atoms with van der Waals surface area (Å²) in [6, 6.07) is 2.14. The lowest BCUT2D eigenvalue weighted by Gasteiger charge is -2.27. The van der Waals surface area contributed by atoms with Gasteiger partial charge in [-0.15, -0.1) is 11.3 Å². The van der Waals surface area contributed by atoms with Gasteiger partial charge in [-0.1, -0.05) is 6.92 Å². The van der Waals surface area contributed by atoms with E-state index in [1.807, 2.05) is 0 Å². The second kappa shape index (κ2) is 3.99. The lowest BCUT2D eigenvalue weighted by molar-refractivity contribution is 0.138. The summed E-state index contributed by atoms with van der Waals surface area (Å²) in [5.41, 5.74) is 0. The number of thiophene rings is 1. The fraction of sp³-hybridized carbons (Fsp3) is 0.455. The first-order valence-corrected chi connectivity index (χ1v) is 6.29. The van der Waals surface area contributed by atoms with Crippen LogP contribution in [-0.2, 0) is 6.42 Å². The maximum Gasteiger partial charge on any atom is 0.225 e. The van der Waals surface area contributed by atoms with Gasteiger partial charge in [0, 0.05) is 18.0 Å². The van der Waals surface area contributed by atoms with Crippen molar-refractivity contribution in [1.29, 1.82) is 0 Å². The van der Waals surface area contributed by atoms with Gasteiger partial charge in [-0.3, -0.25) is 0 Å². The summed E-state index contributed by atoms with van der Waals surface area (Å²) >= 11 is 1.72. The van der Waals surface area contributed by atoms with Gasteiger partial charge in [-0.05, 0) is 12.5 Å². The van der Waals surface area contributed by atoms with Crippen molar-refractivity contribution in [3.63, 3.8) is 0 Å². The highest BCUT2D eigenvalue weighted by Crippen LogP contribution is 2.30. The summed E-state index contributed by atoms with van der Waals surface area (Å²) in [5.74, 6) is 0.729. The molecule has 5 heteroatoms. The molecule has 84 valence electrons. The molecule has 1 aliphatic heterocycles. The van der Waals surface area contributed by atoms with Gasteiger partial charge >= 0.3 is 0 Å². The summed E-state index contributed by atoms with van der Waals surface area (Å²) < 4.78 is 5.81. The number of nitrogens with zero attached hydrogens (tertiary/aromatic N) is 2. The third kappa shape index (κ3) is 1.66. The standard InChI is InChI=1S/C11H13N3OS/c1-2-8-3-9-10(15-7-4-12-5-7)13-6-14-11(9)16-8/h3,6-7,12H,2,4-5H2,1H3. The van der Waals surface area contributed by atoms with Crippen molar-refractivity contribution in [3.05, 3.63) is 17.3 Å². The predicted molar refractivity (Wildman–Crippen MR) is 64.1 cm³/mol. The molecule has 1 fully saturated rings. The molecule has 0 spiro atoms. The van der Waals surface area contributed by atoms with E-state index in [4.69, 9.17) is 4.74 Å². The van der Waals surface area contributed by atoms with Gasteiger partial charge in [-0.25, -0.2) is 9.97 Å². The Bertz CT molecular complexity index is 507. The van der Waals surface area contributed by atoms with Gasteiger partial charge in [0.1, 0.15) is 17.3 Å². The van der Waals surface area contributed by atoms with Gasteiger partial charge in [0.25, 0.3) is 0 Å². The zero-order valence-corrected chi connectivity index (χ0v) is 9.88. The molecule has 3 heterocycles. The molecule has 1 aliphatic rings. The lowest BCUT2D eigenvalue weighted by atomic mass is 10.2. The van der Waals surface area contributed by atoms with Crippen LogP contribution in [0, 0.1) is 0 Å². The largest absolute Gasteiger partial charge is 0.471 e. The van der Waals surface area contributed by atoms with Crippen LogP contribution >= 0.6 is 11.3 Å². The van der Waals surface area contributed by atoms with E-state index < -0.39 is 0 Å². The molecule has 0 atom stereocenters. The van der Waals surface area contributed by atoms with E-state index in [2.05, 4.69) is 28.3 Å². The lowest BCUT2D eigenvalue weighted by Crippen LogP contribution is -2.50. The van der Waals surface area contributed by atoms with Crippen LogP contribution in [0.5, 0.6) is 5.88 Å². The highest BCUT2D eigenvalue weighted by molar-refractivity contribution is 7.18. The maximum absolute atomic E-state index is 5.81. The molecule has 0 amide bonds. The smallest absolute Gasteiger partial charge is 0.225 e. The zero-order chi connectivity index (χ0) is 11.0. The maximum atomic E-state index is 5.81. The highest BCUT2D eigenvalue weighted by Gasteiger charge is 2.20. The third-order valence-electron chi connectivity index (χ3n) is 2.71. The second-order valence-corrected chi connectivity index (χ2v) is 4.98. The van der Waals surface area contributed by atoms with Crippen molar-refractivity contribution < 1.29 is 4.74 Å². The Labute approximate surface area is 97.7 Å². The number of aromatic nitrogens is 2. The molecule has 2 aromatic heterocycles. The summed E-state index contributed by atoms with van der Waals surface area (Å²) in [5, 5.41) is 4.23. The van der Waals surface area contributed by atoms with Crippen LogP contribution in [0.3, 0.4) is 0 Å². The normalized spacial score (nSPS) is 16.3. The van der Waals surface area contributed by atoms with E-state index >= 15 is 0 Å². The Morgan fingerprint density at radius 2 is 2.38 bits per heavy atom. The molecule has 0 radical (unpaired) electrons. The Kier molecular flexibility index (Phi) is 2.49. The average Bonchev–Trinajstić information content (AvgIpc) is 2.66. The number of ether oxygens (including phenoxy) is 1. The summed E-state index contributed by atoms with van der Waals surface area (Å²) in [6.07, 6.45) is 2.88. The van der Waals surface area contributed by atoms with Crippen LogP contribution in [0.4, 0.5) is 0 Å². The Balaban J connectivity index is 1.98. The number of nitrogens with one attached hydrogen (secondary N) is 1. The fourth-order valence-corrected chi connectivity index (χ4v) is 2.58. The SMILES string of the molecule is CCc1cc2c(OC3CNC3)ncnc2s1. The van der Waals surface area contributed by atoms with Crippen LogP contribution < -0.4 is 10.1 Å².